The molecule has 136 heavy (non-hydrogen) atoms. The molecule has 26 rings (SSSR count). The summed E-state index contributed by atoms with van der Waals surface area (Å²) < 4.78 is 4.55. The lowest BCUT2D eigenvalue weighted by Crippen LogP contribution is -2.23. The molecular formula is C130H90N6. The van der Waals surface area contributed by atoms with Gasteiger partial charge in [0.25, 0.3) is 0 Å². The first-order chi connectivity index (χ1) is 67.4. The van der Waals surface area contributed by atoms with Gasteiger partial charge in [-0.3, -0.25) is 9.13 Å². The van der Waals surface area contributed by atoms with E-state index in [9.17, 15) is 0 Å². The third-order valence-corrected chi connectivity index (χ3v) is 26.9. The van der Waals surface area contributed by atoms with Crippen LogP contribution >= 0.6 is 0 Å². The highest BCUT2D eigenvalue weighted by molar-refractivity contribution is 6.25. The standard InChI is InChI=1S/C45H30N2.C45H32N2.C40H28N2/c1-4-14-31(15-5-1)35-26-29-39-40(30-35)44(38-21-11-10-20-37(38)43(39)32-16-6-2-7-17-32)33-24-27-36(28-25-33)47-42-23-13-12-22-41(42)46-45(47)34-18-8-3-9-19-34;1-4-14-31(15-5-1)32-24-26-34(27-25-32)43-37-20-10-11-21-38(37)44(33-16-6-2-7-17-33)40-30-35(28-29-39(40)43)45-46-41-22-12-13-23-42(41)47(45)36-18-8-3-9-19-36;1-27-20-25-34-35(26-27)39(33-17-9-8-16-32(33)38(34)28-12-4-2-5-13-28)29-21-23-31(24-22-29)42-37-19-11-10-18-36(37)41-40(42)30-14-6-3-7-15-30/h1-30H;1-30,45-46H;2-26H,1H3. The molecule has 0 bridgehead atoms. The maximum absolute atomic E-state index is 5.06. The average Bonchev–Trinajstić information content (AvgIpc) is 0.779. The zero-order valence-electron chi connectivity index (χ0n) is 74.9. The predicted molar refractivity (Wildman–Crippen MR) is 574 cm³/mol. The van der Waals surface area contributed by atoms with E-state index >= 15 is 0 Å². The largest absolute Gasteiger partial charge is 0.359 e. The zero-order valence-corrected chi connectivity index (χ0v) is 74.9. The van der Waals surface area contributed by atoms with E-state index in [1.165, 1.54) is 170 Å². The molecule has 1 unspecified atom stereocenters. The van der Waals surface area contributed by atoms with Crippen molar-refractivity contribution in [2.45, 2.75) is 13.1 Å². The zero-order chi connectivity index (χ0) is 90.4. The third-order valence-electron chi connectivity index (χ3n) is 26.9. The number of hydrogen-bond acceptors (Lipinski definition) is 4. The summed E-state index contributed by atoms with van der Waals surface area (Å²) in [5.41, 5.74) is 34.3. The number of rotatable bonds is 14. The molecule has 1 N–H and O–H groups in total. The third kappa shape index (κ3) is 14.9. The second-order valence-electron chi connectivity index (χ2n) is 35.0. The van der Waals surface area contributed by atoms with Gasteiger partial charge >= 0.3 is 0 Å². The van der Waals surface area contributed by atoms with Crippen molar-refractivity contribution in [3.63, 3.8) is 0 Å². The van der Waals surface area contributed by atoms with Crippen molar-refractivity contribution in [2.75, 3.05) is 10.2 Å². The number of nitrogens with one attached hydrogen (secondary N) is 1. The molecule has 0 radical (unpaired) electrons. The molecule has 0 fully saturated rings. The number of anilines is 3. The van der Waals surface area contributed by atoms with Crippen molar-refractivity contribution in [2.24, 2.45) is 0 Å². The highest BCUT2D eigenvalue weighted by Crippen LogP contribution is 2.52. The molecule has 6 nitrogen and oxygen atoms in total. The molecule has 0 spiro atoms. The van der Waals surface area contributed by atoms with E-state index in [2.05, 4.69) is 530 Å². The Morgan fingerprint density at radius 2 is 0.478 bits per heavy atom. The Morgan fingerprint density at radius 1 is 0.199 bits per heavy atom. The van der Waals surface area contributed by atoms with Gasteiger partial charge in [-0.25, -0.2) is 9.97 Å². The first-order valence-corrected chi connectivity index (χ1v) is 46.7. The Kier molecular flexibility index (Phi) is 21.2. The number of para-hydroxylation sites is 7. The molecule has 640 valence electrons. The van der Waals surface area contributed by atoms with Crippen LogP contribution in [0.3, 0.4) is 0 Å². The molecule has 0 saturated carbocycles. The molecule has 23 aromatic carbocycles. The fraction of sp³-hybridized carbons (Fsp3) is 0.0154. The van der Waals surface area contributed by atoms with Gasteiger partial charge in [0.05, 0.1) is 33.4 Å². The average molecular weight is 1740 g/mol. The Balaban J connectivity index is 0.000000112. The van der Waals surface area contributed by atoms with E-state index in [0.29, 0.717) is 0 Å². The molecule has 0 amide bonds. The van der Waals surface area contributed by atoms with Crippen LogP contribution in [0.5, 0.6) is 0 Å². The number of hydrogen-bond donors (Lipinski definition) is 1. The highest BCUT2D eigenvalue weighted by atomic mass is 15.3. The summed E-state index contributed by atoms with van der Waals surface area (Å²) in [6.45, 7) is 2.18. The maximum Gasteiger partial charge on any atom is 0.145 e. The molecule has 1 aliphatic heterocycles. The molecule has 25 aromatic rings. The van der Waals surface area contributed by atoms with Crippen LogP contribution in [0.4, 0.5) is 17.1 Å². The van der Waals surface area contributed by atoms with Crippen LogP contribution in [0.2, 0.25) is 0 Å². The summed E-state index contributed by atoms with van der Waals surface area (Å²) in [4.78, 5) is 12.5. The molecule has 3 heterocycles. The van der Waals surface area contributed by atoms with Gasteiger partial charge in [-0.1, -0.05) is 436 Å². The van der Waals surface area contributed by atoms with Crippen LogP contribution in [0.15, 0.2) is 516 Å². The summed E-state index contributed by atoms with van der Waals surface area (Å²) in [6, 6.07) is 185. The topological polar surface area (TPSA) is 50.9 Å². The highest BCUT2D eigenvalue weighted by Gasteiger charge is 2.33. The van der Waals surface area contributed by atoms with Crippen molar-refractivity contribution in [1.29, 1.82) is 0 Å². The van der Waals surface area contributed by atoms with Crippen LogP contribution in [0.1, 0.15) is 17.3 Å². The van der Waals surface area contributed by atoms with Gasteiger partial charge in [0.2, 0.25) is 0 Å². The molecule has 1 aliphatic rings. The molecular weight excluding hydrogens is 1650 g/mol. The Bertz CT molecular complexity index is 8750. The van der Waals surface area contributed by atoms with Crippen LogP contribution in [-0.2, 0) is 0 Å². The summed E-state index contributed by atoms with van der Waals surface area (Å²) in [6.07, 6.45) is -0.0529. The van der Waals surface area contributed by atoms with Crippen LogP contribution in [0.25, 0.3) is 210 Å². The van der Waals surface area contributed by atoms with Gasteiger partial charge in [-0.2, -0.15) is 0 Å². The van der Waals surface area contributed by atoms with Crippen molar-refractivity contribution in [3.8, 4) is 123 Å². The quantitative estimate of drug-likeness (QED) is 0.110. The van der Waals surface area contributed by atoms with E-state index in [0.717, 1.165) is 67.6 Å². The molecule has 6 heteroatoms. The van der Waals surface area contributed by atoms with E-state index in [-0.39, 0.29) is 6.17 Å². The van der Waals surface area contributed by atoms with Crippen LogP contribution in [-0.4, -0.2) is 19.1 Å². The summed E-state index contributed by atoms with van der Waals surface area (Å²) in [5, 5.41) is 19.0. The van der Waals surface area contributed by atoms with Gasteiger partial charge in [-0.15, -0.1) is 0 Å². The van der Waals surface area contributed by atoms with Crippen molar-refractivity contribution >= 4 is 104 Å². The number of fused-ring (bicyclic) bond motifs is 9. The minimum Gasteiger partial charge on any atom is -0.359 e. The van der Waals surface area contributed by atoms with E-state index < -0.39 is 0 Å². The summed E-state index contributed by atoms with van der Waals surface area (Å²) >= 11 is 0. The first kappa shape index (κ1) is 81.4. The van der Waals surface area contributed by atoms with Gasteiger partial charge in [0.15, 0.2) is 0 Å². The minimum atomic E-state index is -0.0529. The Labute approximate surface area is 790 Å². The SMILES string of the molecule is Cc1ccc2c(-c3ccccc3)c3ccccc3c(-c3ccc(-n4c(-c5ccccc5)nc5ccccc54)cc3)c2c1.c1ccc(-c2ccc(-c3c4ccccc4c(-c4ccccc4)c4cc(C5Nc6ccccc6N5c5ccccc5)ccc34)cc2)cc1.c1ccc(-c2ccc3c(-c4ccccc4)c4ccccc4c(-c4ccc(-n5c(-c6ccccc6)nc6ccccc65)cc4)c3c2)cc1. The predicted octanol–water partition coefficient (Wildman–Crippen LogP) is 34.9. The van der Waals surface area contributed by atoms with E-state index in [1.54, 1.807) is 0 Å². The minimum absolute atomic E-state index is 0.0529. The first-order valence-electron chi connectivity index (χ1n) is 46.7. The summed E-state index contributed by atoms with van der Waals surface area (Å²) in [7, 11) is 0. The smallest absolute Gasteiger partial charge is 0.145 e. The second-order valence-corrected chi connectivity index (χ2v) is 35.0. The lowest BCUT2D eigenvalue weighted by atomic mass is 9.85. The number of nitrogens with zero attached hydrogens (tertiary/aromatic N) is 5. The van der Waals surface area contributed by atoms with Gasteiger partial charge in [0.1, 0.15) is 17.8 Å². The number of aryl methyl sites for hydroxylation is 1. The van der Waals surface area contributed by atoms with Gasteiger partial charge in [-0.05, 0) is 251 Å². The fourth-order valence-corrected chi connectivity index (χ4v) is 20.7. The van der Waals surface area contributed by atoms with Crippen LogP contribution in [0, 0.1) is 6.92 Å². The van der Waals surface area contributed by atoms with E-state index in [4.69, 9.17) is 9.97 Å². The lowest BCUT2D eigenvalue weighted by molar-refractivity contribution is 0.830. The van der Waals surface area contributed by atoms with Crippen molar-refractivity contribution in [3.05, 3.63) is 527 Å². The lowest BCUT2D eigenvalue weighted by Gasteiger charge is -2.28. The van der Waals surface area contributed by atoms with Crippen LogP contribution < -0.4 is 10.2 Å². The molecule has 1 atom stereocenters. The van der Waals surface area contributed by atoms with Gasteiger partial charge in [0, 0.05) is 28.2 Å². The normalized spacial score (nSPS) is 12.3. The Morgan fingerprint density at radius 3 is 0.904 bits per heavy atom. The Hall–Kier alpha value is -17.8. The second kappa shape index (κ2) is 35.5. The number of aromatic nitrogens is 4. The van der Waals surface area contributed by atoms with Gasteiger partial charge < -0.3 is 10.2 Å². The number of benzene rings is 23. The molecule has 0 aliphatic carbocycles. The number of imidazole rings is 2. The molecule has 0 saturated heterocycles. The molecule has 2 aromatic heterocycles. The maximum atomic E-state index is 5.06. The van der Waals surface area contributed by atoms with Crippen molar-refractivity contribution < 1.29 is 0 Å². The van der Waals surface area contributed by atoms with E-state index in [1.807, 2.05) is 12.1 Å². The summed E-state index contributed by atoms with van der Waals surface area (Å²) in [5.74, 6) is 1.89. The monoisotopic (exact) mass is 1730 g/mol. The van der Waals surface area contributed by atoms with Crippen molar-refractivity contribution in [1.82, 2.24) is 19.1 Å². The fourth-order valence-electron chi connectivity index (χ4n) is 20.7.